The SMILES string of the molecule is COc1cc2c(cc1OC)C(c1ccccc1)=NC(CCCc1ccc(Cl)c(Cl)c1)C(=O)N2. The Labute approximate surface area is 203 Å². The van der Waals surface area contributed by atoms with Gasteiger partial charge in [0.1, 0.15) is 6.04 Å². The third kappa shape index (κ3) is 5.15. The number of anilines is 1. The summed E-state index contributed by atoms with van der Waals surface area (Å²) in [5.74, 6) is 0.970. The zero-order valence-electron chi connectivity index (χ0n) is 18.4. The summed E-state index contributed by atoms with van der Waals surface area (Å²) >= 11 is 12.2. The Bertz CT molecular complexity index is 1200. The van der Waals surface area contributed by atoms with Gasteiger partial charge in [0.2, 0.25) is 5.91 Å². The van der Waals surface area contributed by atoms with Crippen molar-refractivity contribution in [3.63, 3.8) is 0 Å². The lowest BCUT2D eigenvalue weighted by Gasteiger charge is -2.15. The van der Waals surface area contributed by atoms with Crippen LogP contribution >= 0.6 is 23.2 Å². The van der Waals surface area contributed by atoms with Crippen molar-refractivity contribution in [3.05, 3.63) is 87.4 Å². The van der Waals surface area contributed by atoms with Gasteiger partial charge in [0.25, 0.3) is 0 Å². The van der Waals surface area contributed by atoms with Crippen LogP contribution in [-0.2, 0) is 11.2 Å². The van der Waals surface area contributed by atoms with Crippen molar-refractivity contribution in [2.45, 2.75) is 25.3 Å². The molecule has 0 aliphatic carbocycles. The molecule has 3 aromatic carbocycles. The molecule has 1 amide bonds. The smallest absolute Gasteiger partial charge is 0.249 e. The number of aryl methyl sites for hydroxylation is 1. The van der Waals surface area contributed by atoms with Gasteiger partial charge in [-0.3, -0.25) is 9.79 Å². The normalized spacial score (nSPS) is 15.2. The maximum atomic E-state index is 13.1. The van der Waals surface area contributed by atoms with Crippen LogP contribution in [0.25, 0.3) is 0 Å². The third-order valence-corrected chi connectivity index (χ3v) is 6.34. The highest BCUT2D eigenvalue weighted by atomic mass is 35.5. The minimum atomic E-state index is -0.535. The number of carbonyl (C=O) groups is 1. The van der Waals surface area contributed by atoms with E-state index in [4.69, 9.17) is 37.7 Å². The Hall–Kier alpha value is -3.02. The highest BCUT2D eigenvalue weighted by Crippen LogP contribution is 2.36. The monoisotopic (exact) mass is 482 g/mol. The molecule has 1 unspecified atom stereocenters. The van der Waals surface area contributed by atoms with Crippen LogP contribution in [0.5, 0.6) is 11.5 Å². The number of nitrogens with one attached hydrogen (secondary N) is 1. The second kappa shape index (κ2) is 10.3. The maximum Gasteiger partial charge on any atom is 0.249 e. The van der Waals surface area contributed by atoms with E-state index in [2.05, 4.69) is 5.32 Å². The zero-order chi connectivity index (χ0) is 23.4. The second-order valence-electron chi connectivity index (χ2n) is 7.74. The van der Waals surface area contributed by atoms with Gasteiger partial charge in [-0.05, 0) is 43.0 Å². The Morgan fingerprint density at radius 2 is 1.67 bits per heavy atom. The van der Waals surface area contributed by atoms with E-state index in [1.807, 2.05) is 48.5 Å². The van der Waals surface area contributed by atoms with Crippen molar-refractivity contribution in [1.29, 1.82) is 0 Å². The van der Waals surface area contributed by atoms with E-state index in [9.17, 15) is 4.79 Å². The molecule has 5 nitrogen and oxygen atoms in total. The van der Waals surface area contributed by atoms with Crippen LogP contribution in [0, 0.1) is 0 Å². The number of amides is 1. The summed E-state index contributed by atoms with van der Waals surface area (Å²) in [6.45, 7) is 0. The van der Waals surface area contributed by atoms with Gasteiger partial charge in [-0.15, -0.1) is 0 Å². The van der Waals surface area contributed by atoms with Crippen molar-refractivity contribution in [2.24, 2.45) is 4.99 Å². The van der Waals surface area contributed by atoms with Gasteiger partial charge >= 0.3 is 0 Å². The summed E-state index contributed by atoms with van der Waals surface area (Å²) < 4.78 is 10.9. The Balaban J connectivity index is 1.66. The van der Waals surface area contributed by atoms with Crippen LogP contribution < -0.4 is 14.8 Å². The number of methoxy groups -OCH3 is 2. The number of carbonyl (C=O) groups excluding carboxylic acids is 1. The van der Waals surface area contributed by atoms with Crippen molar-refractivity contribution in [3.8, 4) is 11.5 Å². The molecule has 4 rings (SSSR count). The largest absolute Gasteiger partial charge is 0.493 e. The average molecular weight is 483 g/mol. The summed E-state index contributed by atoms with van der Waals surface area (Å²) in [5, 5.41) is 4.10. The summed E-state index contributed by atoms with van der Waals surface area (Å²) in [6.07, 6.45) is 2.13. The average Bonchev–Trinajstić information content (AvgIpc) is 2.96. The van der Waals surface area contributed by atoms with Gasteiger partial charge in [0.05, 0.1) is 35.7 Å². The number of aliphatic imine (C=N–C) groups is 1. The minimum Gasteiger partial charge on any atom is -0.493 e. The van der Waals surface area contributed by atoms with E-state index >= 15 is 0 Å². The molecule has 0 saturated heterocycles. The molecule has 0 spiro atoms. The number of hydrogen-bond donors (Lipinski definition) is 1. The fourth-order valence-corrected chi connectivity index (χ4v) is 4.22. The summed E-state index contributed by atoms with van der Waals surface area (Å²) in [5.41, 5.74) is 4.18. The van der Waals surface area contributed by atoms with Gasteiger partial charge in [-0.2, -0.15) is 0 Å². The number of benzene rings is 3. The molecule has 0 fully saturated rings. The highest BCUT2D eigenvalue weighted by Gasteiger charge is 2.27. The number of nitrogens with zero attached hydrogens (tertiary/aromatic N) is 1. The molecule has 170 valence electrons. The van der Waals surface area contributed by atoms with Crippen molar-refractivity contribution in [1.82, 2.24) is 0 Å². The summed E-state index contributed by atoms with van der Waals surface area (Å²) in [7, 11) is 3.16. The molecular formula is C26H24Cl2N2O3. The summed E-state index contributed by atoms with van der Waals surface area (Å²) in [4.78, 5) is 18.0. The third-order valence-electron chi connectivity index (χ3n) is 5.60. The number of halogens is 2. The van der Waals surface area contributed by atoms with E-state index in [-0.39, 0.29) is 5.91 Å². The quantitative estimate of drug-likeness (QED) is 0.436. The van der Waals surface area contributed by atoms with Crippen LogP contribution in [0.3, 0.4) is 0 Å². The molecule has 1 N–H and O–H groups in total. The molecule has 1 aliphatic heterocycles. The van der Waals surface area contributed by atoms with E-state index in [0.717, 1.165) is 35.2 Å². The van der Waals surface area contributed by atoms with Crippen LogP contribution in [-0.4, -0.2) is 31.9 Å². The molecule has 33 heavy (non-hydrogen) atoms. The minimum absolute atomic E-state index is 0.150. The molecular weight excluding hydrogens is 459 g/mol. The number of hydrogen-bond acceptors (Lipinski definition) is 4. The van der Waals surface area contributed by atoms with E-state index in [1.54, 1.807) is 26.4 Å². The van der Waals surface area contributed by atoms with Gasteiger partial charge in [-0.25, -0.2) is 0 Å². The Morgan fingerprint density at radius 3 is 2.36 bits per heavy atom. The lowest BCUT2D eigenvalue weighted by Crippen LogP contribution is -2.25. The Kier molecular flexibility index (Phi) is 7.21. The van der Waals surface area contributed by atoms with Gasteiger partial charge in [0, 0.05) is 17.2 Å². The predicted octanol–water partition coefficient (Wildman–Crippen LogP) is 6.19. The van der Waals surface area contributed by atoms with E-state index < -0.39 is 6.04 Å². The molecule has 1 aliphatic rings. The van der Waals surface area contributed by atoms with Crippen LogP contribution in [0.4, 0.5) is 5.69 Å². The highest BCUT2D eigenvalue weighted by molar-refractivity contribution is 6.42. The van der Waals surface area contributed by atoms with Crippen molar-refractivity contribution >= 4 is 40.5 Å². The van der Waals surface area contributed by atoms with Crippen molar-refractivity contribution < 1.29 is 14.3 Å². The van der Waals surface area contributed by atoms with E-state index in [1.165, 1.54) is 0 Å². The number of ether oxygens (including phenoxy) is 2. The standard InChI is InChI=1S/C26H24Cl2N2O3/c1-32-23-14-18-22(15-24(23)33-2)30-26(31)21(29-25(18)17-8-4-3-5-9-17)10-6-7-16-11-12-19(27)20(28)13-16/h3-5,8-9,11-15,21H,6-7,10H2,1-2H3,(H,30,31). The zero-order valence-corrected chi connectivity index (χ0v) is 19.9. The van der Waals surface area contributed by atoms with Gasteiger partial charge < -0.3 is 14.8 Å². The predicted molar refractivity (Wildman–Crippen MR) is 133 cm³/mol. The molecule has 0 aromatic heterocycles. The lowest BCUT2D eigenvalue weighted by molar-refractivity contribution is -0.117. The van der Waals surface area contributed by atoms with E-state index in [0.29, 0.717) is 33.7 Å². The first-order valence-corrected chi connectivity index (χ1v) is 11.4. The first kappa shape index (κ1) is 23.1. The van der Waals surface area contributed by atoms with Crippen LogP contribution in [0.1, 0.15) is 29.5 Å². The maximum absolute atomic E-state index is 13.1. The van der Waals surface area contributed by atoms with Gasteiger partial charge in [-0.1, -0.05) is 59.6 Å². The molecule has 1 heterocycles. The summed E-state index contributed by atoms with van der Waals surface area (Å²) in [6, 6.07) is 18.6. The number of fused-ring (bicyclic) bond motifs is 1. The molecule has 0 radical (unpaired) electrons. The Morgan fingerprint density at radius 1 is 0.939 bits per heavy atom. The molecule has 3 aromatic rings. The first-order valence-electron chi connectivity index (χ1n) is 10.6. The first-order chi connectivity index (χ1) is 16.0. The topological polar surface area (TPSA) is 59.9 Å². The van der Waals surface area contributed by atoms with Crippen LogP contribution in [0.15, 0.2) is 65.7 Å². The molecule has 0 saturated carbocycles. The van der Waals surface area contributed by atoms with Crippen LogP contribution in [0.2, 0.25) is 10.0 Å². The molecule has 0 bridgehead atoms. The number of benzodiazepines with no additional fused rings is 1. The molecule has 7 heteroatoms. The fourth-order valence-electron chi connectivity index (χ4n) is 3.89. The fraction of sp³-hybridized carbons (Fsp3) is 0.231. The van der Waals surface area contributed by atoms with Crippen molar-refractivity contribution in [2.75, 3.05) is 19.5 Å². The van der Waals surface area contributed by atoms with Gasteiger partial charge in [0.15, 0.2) is 11.5 Å². The number of rotatable bonds is 7. The second-order valence-corrected chi connectivity index (χ2v) is 8.56. The molecule has 1 atom stereocenters. The lowest BCUT2D eigenvalue weighted by atomic mass is 9.99.